The first-order chi connectivity index (χ1) is 6.69. The standard InChI is InChI=1S/C11H12BrClO/c1-2-8-7-9(3-4-10(8)13)11(14)5-6-12/h3-4,7H,2,5-6H2,1H3. The van der Waals surface area contributed by atoms with E-state index in [-0.39, 0.29) is 5.78 Å². The van der Waals surface area contributed by atoms with Crippen molar-refractivity contribution < 1.29 is 4.79 Å². The maximum atomic E-state index is 11.6. The zero-order valence-electron chi connectivity index (χ0n) is 8.02. The van der Waals surface area contributed by atoms with Crippen LogP contribution in [0.2, 0.25) is 5.02 Å². The number of rotatable bonds is 4. The molecule has 0 radical (unpaired) electrons. The minimum absolute atomic E-state index is 0.160. The van der Waals surface area contributed by atoms with Crippen LogP contribution in [0.1, 0.15) is 29.3 Å². The lowest BCUT2D eigenvalue weighted by molar-refractivity contribution is 0.0990. The maximum absolute atomic E-state index is 11.6. The highest BCUT2D eigenvalue weighted by Crippen LogP contribution is 2.19. The molecule has 0 fully saturated rings. The molecule has 1 rings (SSSR count). The predicted octanol–water partition coefficient (Wildman–Crippen LogP) is 3.87. The fourth-order valence-corrected chi connectivity index (χ4v) is 1.86. The fourth-order valence-electron chi connectivity index (χ4n) is 1.25. The lowest BCUT2D eigenvalue weighted by atomic mass is 10.0. The molecule has 0 atom stereocenters. The average Bonchev–Trinajstić information content (AvgIpc) is 2.19. The first kappa shape index (κ1) is 11.7. The summed E-state index contributed by atoms with van der Waals surface area (Å²) in [4.78, 5) is 11.6. The number of alkyl halides is 1. The lowest BCUT2D eigenvalue weighted by Crippen LogP contribution is -2.00. The van der Waals surface area contributed by atoms with Crippen LogP contribution in [0.3, 0.4) is 0 Å². The molecule has 0 bridgehead atoms. The van der Waals surface area contributed by atoms with Gasteiger partial charge >= 0.3 is 0 Å². The van der Waals surface area contributed by atoms with Gasteiger partial charge in [-0.2, -0.15) is 0 Å². The third-order valence-electron chi connectivity index (χ3n) is 2.07. The van der Waals surface area contributed by atoms with E-state index in [9.17, 15) is 4.79 Å². The molecular formula is C11H12BrClO. The number of benzene rings is 1. The van der Waals surface area contributed by atoms with Crippen LogP contribution < -0.4 is 0 Å². The molecule has 0 aliphatic rings. The van der Waals surface area contributed by atoms with Crippen molar-refractivity contribution in [1.82, 2.24) is 0 Å². The van der Waals surface area contributed by atoms with Gasteiger partial charge in [0.1, 0.15) is 0 Å². The Morgan fingerprint density at radius 3 is 2.79 bits per heavy atom. The number of halogens is 2. The second-order valence-corrected chi connectivity index (χ2v) is 4.22. The van der Waals surface area contributed by atoms with E-state index < -0.39 is 0 Å². The van der Waals surface area contributed by atoms with E-state index in [2.05, 4.69) is 15.9 Å². The Kier molecular flexibility index (Phi) is 4.63. The third-order valence-corrected chi connectivity index (χ3v) is 2.84. The van der Waals surface area contributed by atoms with Crippen molar-refractivity contribution in [3.8, 4) is 0 Å². The fraction of sp³-hybridized carbons (Fsp3) is 0.364. The largest absolute Gasteiger partial charge is 0.294 e. The second-order valence-electron chi connectivity index (χ2n) is 3.02. The van der Waals surface area contributed by atoms with Crippen molar-refractivity contribution >= 4 is 33.3 Å². The van der Waals surface area contributed by atoms with Gasteiger partial charge in [0, 0.05) is 22.3 Å². The molecule has 0 heterocycles. The van der Waals surface area contributed by atoms with Crippen LogP contribution >= 0.6 is 27.5 Å². The van der Waals surface area contributed by atoms with Crippen molar-refractivity contribution in [3.63, 3.8) is 0 Å². The van der Waals surface area contributed by atoms with Crippen molar-refractivity contribution in [3.05, 3.63) is 34.3 Å². The van der Waals surface area contributed by atoms with E-state index >= 15 is 0 Å². The van der Waals surface area contributed by atoms with Gasteiger partial charge in [-0.1, -0.05) is 34.5 Å². The molecule has 3 heteroatoms. The van der Waals surface area contributed by atoms with Crippen LogP contribution in [0.5, 0.6) is 0 Å². The van der Waals surface area contributed by atoms with Gasteiger partial charge in [0.25, 0.3) is 0 Å². The number of hydrogen-bond donors (Lipinski definition) is 0. The Labute approximate surface area is 97.6 Å². The van der Waals surface area contributed by atoms with Gasteiger partial charge in [-0.05, 0) is 30.2 Å². The van der Waals surface area contributed by atoms with E-state index in [1.165, 1.54) is 0 Å². The number of carbonyl (C=O) groups is 1. The molecule has 14 heavy (non-hydrogen) atoms. The Morgan fingerprint density at radius 2 is 2.21 bits per heavy atom. The van der Waals surface area contributed by atoms with Crippen LogP contribution in [0, 0.1) is 0 Å². The molecule has 76 valence electrons. The molecule has 0 unspecified atom stereocenters. The quantitative estimate of drug-likeness (QED) is 0.602. The van der Waals surface area contributed by atoms with Crippen molar-refractivity contribution in [2.45, 2.75) is 19.8 Å². The molecular weight excluding hydrogens is 263 g/mol. The van der Waals surface area contributed by atoms with Crippen LogP contribution in [0.25, 0.3) is 0 Å². The zero-order chi connectivity index (χ0) is 10.6. The summed E-state index contributed by atoms with van der Waals surface area (Å²) >= 11 is 9.21. The minimum atomic E-state index is 0.160. The summed E-state index contributed by atoms with van der Waals surface area (Å²) in [7, 11) is 0. The minimum Gasteiger partial charge on any atom is -0.294 e. The van der Waals surface area contributed by atoms with E-state index in [4.69, 9.17) is 11.6 Å². The highest BCUT2D eigenvalue weighted by atomic mass is 79.9. The van der Waals surface area contributed by atoms with Gasteiger partial charge in [0.2, 0.25) is 0 Å². The summed E-state index contributed by atoms with van der Waals surface area (Å²) in [5.41, 5.74) is 1.79. The molecule has 1 aromatic rings. The van der Waals surface area contributed by atoms with Crippen LogP contribution in [-0.4, -0.2) is 11.1 Å². The molecule has 1 nitrogen and oxygen atoms in total. The van der Waals surface area contributed by atoms with Gasteiger partial charge in [0.05, 0.1) is 0 Å². The van der Waals surface area contributed by atoms with Gasteiger partial charge < -0.3 is 0 Å². The highest BCUT2D eigenvalue weighted by molar-refractivity contribution is 9.09. The van der Waals surface area contributed by atoms with Gasteiger partial charge in [0.15, 0.2) is 5.78 Å². The summed E-state index contributed by atoms with van der Waals surface area (Å²) in [6.45, 7) is 2.03. The highest BCUT2D eigenvalue weighted by Gasteiger charge is 2.07. The van der Waals surface area contributed by atoms with Gasteiger partial charge in [-0.25, -0.2) is 0 Å². The van der Waals surface area contributed by atoms with Crippen LogP contribution in [0.4, 0.5) is 0 Å². The molecule has 0 aliphatic heterocycles. The second kappa shape index (κ2) is 5.52. The average molecular weight is 276 g/mol. The first-order valence-electron chi connectivity index (χ1n) is 4.56. The molecule has 0 spiro atoms. The van der Waals surface area contributed by atoms with Crippen LogP contribution in [0.15, 0.2) is 18.2 Å². The van der Waals surface area contributed by atoms with Crippen molar-refractivity contribution in [2.75, 3.05) is 5.33 Å². The molecule has 0 aromatic heterocycles. The maximum Gasteiger partial charge on any atom is 0.163 e. The monoisotopic (exact) mass is 274 g/mol. The topological polar surface area (TPSA) is 17.1 Å². The van der Waals surface area contributed by atoms with E-state index in [0.717, 1.165) is 22.6 Å². The summed E-state index contributed by atoms with van der Waals surface area (Å²) in [5, 5.41) is 1.44. The number of carbonyl (C=O) groups excluding carboxylic acids is 1. The normalized spacial score (nSPS) is 10.2. The molecule has 0 saturated heterocycles. The van der Waals surface area contributed by atoms with Crippen molar-refractivity contribution in [1.29, 1.82) is 0 Å². The number of hydrogen-bond acceptors (Lipinski definition) is 1. The summed E-state index contributed by atoms with van der Waals surface area (Å²) < 4.78 is 0. The number of aryl methyl sites for hydroxylation is 1. The summed E-state index contributed by atoms with van der Waals surface area (Å²) in [6.07, 6.45) is 1.39. The SMILES string of the molecule is CCc1cc(C(=O)CCBr)ccc1Cl. The smallest absolute Gasteiger partial charge is 0.163 e. The Hall–Kier alpha value is -0.340. The molecule has 0 aliphatic carbocycles. The first-order valence-corrected chi connectivity index (χ1v) is 6.06. The van der Waals surface area contributed by atoms with Gasteiger partial charge in [-0.3, -0.25) is 4.79 Å². The predicted molar refractivity (Wildman–Crippen MR) is 63.6 cm³/mol. The molecule has 0 N–H and O–H groups in total. The molecule has 0 amide bonds. The Morgan fingerprint density at radius 1 is 1.50 bits per heavy atom. The third kappa shape index (κ3) is 2.82. The molecule has 0 saturated carbocycles. The van der Waals surface area contributed by atoms with E-state index in [1.807, 2.05) is 13.0 Å². The molecule has 1 aromatic carbocycles. The van der Waals surface area contributed by atoms with Gasteiger partial charge in [-0.15, -0.1) is 0 Å². The van der Waals surface area contributed by atoms with E-state index in [0.29, 0.717) is 11.8 Å². The summed E-state index contributed by atoms with van der Waals surface area (Å²) in [5.74, 6) is 0.160. The van der Waals surface area contributed by atoms with Crippen molar-refractivity contribution in [2.24, 2.45) is 0 Å². The van der Waals surface area contributed by atoms with Crippen LogP contribution in [-0.2, 0) is 6.42 Å². The number of ketones is 1. The Bertz CT molecular complexity index is 336. The lowest BCUT2D eigenvalue weighted by Gasteiger charge is -2.04. The number of Topliss-reactive ketones (excluding diaryl/α,β-unsaturated/α-hetero) is 1. The van der Waals surface area contributed by atoms with E-state index in [1.54, 1.807) is 12.1 Å². The summed E-state index contributed by atoms with van der Waals surface area (Å²) in [6, 6.07) is 5.46. The zero-order valence-corrected chi connectivity index (χ0v) is 10.4. The Balaban J connectivity index is 2.94.